The number of hydrogen-bond acceptors (Lipinski definition) is 3. The molecule has 0 spiro atoms. The Hall–Kier alpha value is -1.45. The van der Waals surface area contributed by atoms with Gasteiger partial charge in [0.05, 0.1) is 0 Å². The third kappa shape index (κ3) is 2.21. The summed E-state index contributed by atoms with van der Waals surface area (Å²) < 4.78 is 0. The van der Waals surface area contributed by atoms with Crippen LogP contribution in [0.5, 0.6) is 0 Å². The van der Waals surface area contributed by atoms with Crippen LogP contribution in [0.3, 0.4) is 0 Å². The van der Waals surface area contributed by atoms with E-state index >= 15 is 0 Å². The molecular weight excluding hydrogens is 204 g/mol. The summed E-state index contributed by atoms with van der Waals surface area (Å²) in [7, 11) is 0. The largest absolute Gasteiger partial charge is 0.477 e. The van der Waals surface area contributed by atoms with Gasteiger partial charge in [-0.05, 0) is 31.2 Å². The monoisotopic (exact) mass is 220 g/mol. The maximum absolute atomic E-state index is 10.8. The van der Waals surface area contributed by atoms with Gasteiger partial charge in [-0.25, -0.2) is 14.8 Å². The Morgan fingerprint density at radius 1 is 1.56 bits per heavy atom. The zero-order valence-corrected chi connectivity index (χ0v) is 9.39. The molecule has 0 radical (unpaired) electrons. The second-order valence-corrected chi connectivity index (χ2v) is 4.39. The molecule has 2 unspecified atom stereocenters. The summed E-state index contributed by atoms with van der Waals surface area (Å²) in [6, 6.07) is 1.44. The molecule has 4 heteroatoms. The molecule has 0 amide bonds. The van der Waals surface area contributed by atoms with Gasteiger partial charge in [0, 0.05) is 12.1 Å². The number of rotatable bonds is 3. The fourth-order valence-corrected chi connectivity index (χ4v) is 2.37. The quantitative estimate of drug-likeness (QED) is 0.849. The second kappa shape index (κ2) is 4.60. The number of aromatic carboxylic acids is 1. The number of hydrogen-bond donors (Lipinski definition) is 1. The molecule has 1 saturated carbocycles. The topological polar surface area (TPSA) is 63.1 Å². The summed E-state index contributed by atoms with van der Waals surface area (Å²) in [6.45, 7) is 2.20. The van der Waals surface area contributed by atoms with Crippen molar-refractivity contribution in [2.75, 3.05) is 0 Å². The predicted molar refractivity (Wildman–Crippen MR) is 59.4 cm³/mol. The lowest BCUT2D eigenvalue weighted by molar-refractivity contribution is 0.0689. The first-order chi connectivity index (χ1) is 7.70. The van der Waals surface area contributed by atoms with E-state index in [1.54, 1.807) is 6.20 Å². The molecule has 4 nitrogen and oxygen atoms in total. The second-order valence-electron chi connectivity index (χ2n) is 4.39. The minimum atomic E-state index is -0.978. The Kier molecular flexibility index (Phi) is 3.17. The fourth-order valence-electron chi connectivity index (χ4n) is 2.37. The molecule has 2 rings (SSSR count). The van der Waals surface area contributed by atoms with Crippen LogP contribution >= 0.6 is 0 Å². The summed E-state index contributed by atoms with van der Waals surface area (Å²) in [4.78, 5) is 19.1. The Balaban J connectivity index is 2.15. The van der Waals surface area contributed by atoms with Gasteiger partial charge in [0.1, 0.15) is 5.82 Å². The Bertz CT molecular complexity index is 392. The smallest absolute Gasteiger partial charge is 0.354 e. The normalized spacial score (nSPS) is 24.6. The van der Waals surface area contributed by atoms with Crippen LogP contribution in [0.1, 0.15) is 54.8 Å². The van der Waals surface area contributed by atoms with Crippen LogP contribution in [0.25, 0.3) is 0 Å². The van der Waals surface area contributed by atoms with E-state index in [0.29, 0.717) is 11.7 Å². The maximum atomic E-state index is 10.8. The number of nitrogens with zero attached hydrogens (tertiary/aromatic N) is 2. The van der Waals surface area contributed by atoms with E-state index in [0.717, 1.165) is 18.8 Å². The van der Waals surface area contributed by atoms with Crippen LogP contribution in [-0.4, -0.2) is 21.0 Å². The van der Waals surface area contributed by atoms with Crippen LogP contribution in [0.15, 0.2) is 12.3 Å². The van der Waals surface area contributed by atoms with Crippen molar-refractivity contribution < 1.29 is 9.90 Å². The van der Waals surface area contributed by atoms with Crippen LogP contribution in [0, 0.1) is 5.92 Å². The van der Waals surface area contributed by atoms with Crippen molar-refractivity contribution in [2.45, 2.75) is 38.5 Å². The molecule has 0 saturated heterocycles. The first-order valence-corrected chi connectivity index (χ1v) is 5.77. The lowest BCUT2D eigenvalue weighted by atomic mass is 10.0. The lowest BCUT2D eigenvalue weighted by Gasteiger charge is -2.08. The zero-order valence-electron chi connectivity index (χ0n) is 9.39. The zero-order chi connectivity index (χ0) is 11.5. The average Bonchev–Trinajstić information content (AvgIpc) is 2.77. The van der Waals surface area contributed by atoms with Gasteiger partial charge in [-0.3, -0.25) is 0 Å². The molecule has 86 valence electrons. The van der Waals surface area contributed by atoms with E-state index in [1.807, 2.05) is 0 Å². The van der Waals surface area contributed by atoms with E-state index in [-0.39, 0.29) is 5.69 Å². The third-order valence-corrected chi connectivity index (χ3v) is 3.38. The molecule has 1 aromatic rings. The highest BCUT2D eigenvalue weighted by atomic mass is 16.4. The molecule has 1 aromatic heterocycles. The number of aromatic nitrogens is 2. The summed E-state index contributed by atoms with van der Waals surface area (Å²) in [5, 5.41) is 8.86. The van der Waals surface area contributed by atoms with E-state index in [1.165, 1.54) is 18.9 Å². The van der Waals surface area contributed by atoms with Crippen molar-refractivity contribution in [3.8, 4) is 0 Å². The molecule has 1 fully saturated rings. The lowest BCUT2D eigenvalue weighted by Crippen LogP contribution is -2.07. The van der Waals surface area contributed by atoms with E-state index < -0.39 is 5.97 Å². The van der Waals surface area contributed by atoms with Gasteiger partial charge in [0.2, 0.25) is 0 Å². The van der Waals surface area contributed by atoms with Gasteiger partial charge in [0.15, 0.2) is 5.69 Å². The first-order valence-electron chi connectivity index (χ1n) is 5.77. The number of carboxylic acid groups (broad SMARTS) is 1. The van der Waals surface area contributed by atoms with Gasteiger partial charge in [0.25, 0.3) is 0 Å². The van der Waals surface area contributed by atoms with Crippen molar-refractivity contribution in [2.24, 2.45) is 5.92 Å². The fraction of sp³-hybridized carbons (Fsp3) is 0.583. The molecule has 1 heterocycles. The van der Waals surface area contributed by atoms with Gasteiger partial charge >= 0.3 is 5.97 Å². The average molecular weight is 220 g/mol. The van der Waals surface area contributed by atoms with Gasteiger partial charge in [-0.15, -0.1) is 0 Å². The molecule has 0 aliphatic heterocycles. The van der Waals surface area contributed by atoms with E-state index in [2.05, 4.69) is 16.9 Å². The highest BCUT2D eigenvalue weighted by Crippen LogP contribution is 2.38. The number of carboxylic acids is 1. The third-order valence-electron chi connectivity index (χ3n) is 3.38. The molecular formula is C12H16N2O2. The maximum Gasteiger partial charge on any atom is 0.354 e. The summed E-state index contributed by atoms with van der Waals surface area (Å²) in [6.07, 6.45) is 6.13. The SMILES string of the molecule is CCC1CCC(c2nccc(C(=O)O)n2)C1. The highest BCUT2D eigenvalue weighted by Gasteiger charge is 2.26. The van der Waals surface area contributed by atoms with Crippen LogP contribution in [0.2, 0.25) is 0 Å². The van der Waals surface area contributed by atoms with Crippen molar-refractivity contribution in [1.29, 1.82) is 0 Å². The van der Waals surface area contributed by atoms with Crippen molar-refractivity contribution >= 4 is 5.97 Å². The van der Waals surface area contributed by atoms with E-state index in [4.69, 9.17) is 5.11 Å². The summed E-state index contributed by atoms with van der Waals surface area (Å²) in [5.74, 6) is 0.830. The molecule has 1 aliphatic carbocycles. The standard InChI is InChI=1S/C12H16N2O2/c1-2-8-3-4-9(7-8)11-13-6-5-10(14-11)12(15)16/h5-6,8-9H,2-4,7H2,1H3,(H,15,16). The van der Waals surface area contributed by atoms with Crippen molar-refractivity contribution in [3.05, 3.63) is 23.8 Å². The molecule has 1 N–H and O–H groups in total. The molecule has 16 heavy (non-hydrogen) atoms. The molecule has 0 aromatic carbocycles. The van der Waals surface area contributed by atoms with Crippen LogP contribution in [-0.2, 0) is 0 Å². The van der Waals surface area contributed by atoms with Gasteiger partial charge in [-0.2, -0.15) is 0 Å². The van der Waals surface area contributed by atoms with E-state index in [9.17, 15) is 4.79 Å². The van der Waals surface area contributed by atoms with Crippen LogP contribution in [0.4, 0.5) is 0 Å². The van der Waals surface area contributed by atoms with Crippen molar-refractivity contribution in [3.63, 3.8) is 0 Å². The van der Waals surface area contributed by atoms with Crippen LogP contribution < -0.4 is 0 Å². The molecule has 2 atom stereocenters. The Morgan fingerprint density at radius 3 is 3.00 bits per heavy atom. The van der Waals surface area contributed by atoms with Crippen molar-refractivity contribution in [1.82, 2.24) is 9.97 Å². The Labute approximate surface area is 94.7 Å². The predicted octanol–water partition coefficient (Wildman–Crippen LogP) is 2.47. The molecule has 1 aliphatic rings. The first kappa shape index (κ1) is 11.0. The summed E-state index contributed by atoms with van der Waals surface area (Å²) in [5.41, 5.74) is 0.102. The van der Waals surface area contributed by atoms with Gasteiger partial charge < -0.3 is 5.11 Å². The van der Waals surface area contributed by atoms with Gasteiger partial charge in [-0.1, -0.05) is 13.3 Å². The minimum absolute atomic E-state index is 0.102. The summed E-state index contributed by atoms with van der Waals surface area (Å²) >= 11 is 0. The minimum Gasteiger partial charge on any atom is -0.477 e. The Morgan fingerprint density at radius 2 is 2.38 bits per heavy atom. The molecule has 0 bridgehead atoms. The number of carbonyl (C=O) groups is 1. The highest BCUT2D eigenvalue weighted by molar-refractivity contribution is 5.85.